The second-order valence-electron chi connectivity index (χ2n) is 5.64. The van der Waals surface area contributed by atoms with Crippen LogP contribution in [0.4, 0.5) is 0 Å². The van der Waals surface area contributed by atoms with Gasteiger partial charge in [0, 0.05) is 23.7 Å². The van der Waals surface area contributed by atoms with Crippen LogP contribution in [0.5, 0.6) is 0 Å². The van der Waals surface area contributed by atoms with E-state index in [1.165, 1.54) is 5.56 Å². The first kappa shape index (κ1) is 15.1. The van der Waals surface area contributed by atoms with Crippen molar-refractivity contribution in [3.63, 3.8) is 0 Å². The summed E-state index contributed by atoms with van der Waals surface area (Å²) in [5.74, 6) is 0.0341. The molecule has 114 valence electrons. The van der Waals surface area contributed by atoms with Crippen LogP contribution in [0, 0.1) is 6.92 Å². The minimum Gasteiger partial charge on any atom is -0.370 e. The molecule has 0 spiro atoms. The average molecular weight is 316 g/mol. The fourth-order valence-corrected chi connectivity index (χ4v) is 2.51. The number of amides is 1. The Morgan fingerprint density at radius 3 is 2.41 bits per heavy atom. The van der Waals surface area contributed by atoms with E-state index >= 15 is 0 Å². The molecule has 0 atom stereocenters. The summed E-state index contributed by atoms with van der Waals surface area (Å²) in [7, 11) is 0. The third kappa shape index (κ3) is 3.49. The topological polar surface area (TPSA) is 29.5 Å². The van der Waals surface area contributed by atoms with Gasteiger partial charge in [0.1, 0.15) is 0 Å². The first-order chi connectivity index (χ1) is 10.6. The molecule has 1 aliphatic heterocycles. The molecule has 0 radical (unpaired) electrons. The summed E-state index contributed by atoms with van der Waals surface area (Å²) in [4.78, 5) is 14.0. The SMILES string of the molecule is Cc1ccc(COC2CN(C(=O)c3ccc(Cl)cc3)C2)cc1. The second kappa shape index (κ2) is 6.51. The molecule has 0 unspecified atom stereocenters. The molecular formula is C18H18ClNO2. The average Bonchev–Trinajstić information content (AvgIpc) is 2.48. The van der Waals surface area contributed by atoms with Crippen molar-refractivity contribution in [1.29, 1.82) is 0 Å². The van der Waals surface area contributed by atoms with Crippen LogP contribution in [0.15, 0.2) is 48.5 Å². The summed E-state index contributed by atoms with van der Waals surface area (Å²) < 4.78 is 5.82. The van der Waals surface area contributed by atoms with Crippen LogP contribution in [0.3, 0.4) is 0 Å². The number of likely N-dealkylation sites (tertiary alicyclic amines) is 1. The van der Waals surface area contributed by atoms with Crippen LogP contribution < -0.4 is 0 Å². The van der Waals surface area contributed by atoms with Gasteiger partial charge in [-0.1, -0.05) is 41.4 Å². The standard InChI is InChI=1S/C18H18ClNO2/c1-13-2-4-14(5-3-13)12-22-17-10-20(11-17)18(21)15-6-8-16(19)9-7-15/h2-9,17H,10-12H2,1H3. The van der Waals surface area contributed by atoms with Gasteiger partial charge in [0.15, 0.2) is 0 Å². The third-order valence-electron chi connectivity index (χ3n) is 3.83. The lowest BCUT2D eigenvalue weighted by Gasteiger charge is -2.39. The first-order valence-corrected chi connectivity index (χ1v) is 7.71. The van der Waals surface area contributed by atoms with E-state index in [0.29, 0.717) is 30.3 Å². The highest BCUT2D eigenvalue weighted by molar-refractivity contribution is 6.30. The van der Waals surface area contributed by atoms with Gasteiger partial charge in [-0.25, -0.2) is 0 Å². The molecular weight excluding hydrogens is 298 g/mol. The number of benzene rings is 2. The predicted octanol–water partition coefficient (Wildman–Crippen LogP) is 3.69. The molecule has 0 bridgehead atoms. The zero-order valence-electron chi connectivity index (χ0n) is 12.5. The highest BCUT2D eigenvalue weighted by Crippen LogP contribution is 2.18. The highest BCUT2D eigenvalue weighted by atomic mass is 35.5. The van der Waals surface area contributed by atoms with E-state index in [9.17, 15) is 4.79 Å². The van der Waals surface area contributed by atoms with Crippen LogP contribution in [-0.4, -0.2) is 30.0 Å². The minimum absolute atomic E-state index is 0.0341. The van der Waals surface area contributed by atoms with E-state index in [1.54, 1.807) is 29.2 Å². The second-order valence-corrected chi connectivity index (χ2v) is 6.07. The molecule has 1 saturated heterocycles. The van der Waals surface area contributed by atoms with Gasteiger partial charge in [-0.2, -0.15) is 0 Å². The number of ether oxygens (including phenoxy) is 1. The van der Waals surface area contributed by atoms with Gasteiger partial charge in [-0.3, -0.25) is 4.79 Å². The lowest BCUT2D eigenvalue weighted by atomic mass is 10.1. The molecule has 1 aliphatic rings. The molecule has 0 N–H and O–H groups in total. The van der Waals surface area contributed by atoms with Gasteiger partial charge in [-0.05, 0) is 36.8 Å². The van der Waals surface area contributed by atoms with E-state index in [1.807, 2.05) is 0 Å². The Morgan fingerprint density at radius 2 is 1.77 bits per heavy atom. The van der Waals surface area contributed by atoms with Crippen molar-refractivity contribution in [3.05, 3.63) is 70.2 Å². The van der Waals surface area contributed by atoms with Crippen molar-refractivity contribution >= 4 is 17.5 Å². The largest absolute Gasteiger partial charge is 0.370 e. The highest BCUT2D eigenvalue weighted by Gasteiger charge is 2.31. The van der Waals surface area contributed by atoms with Crippen LogP contribution >= 0.6 is 11.6 Å². The molecule has 1 heterocycles. The molecule has 0 saturated carbocycles. The first-order valence-electron chi connectivity index (χ1n) is 7.34. The van der Waals surface area contributed by atoms with Gasteiger partial charge >= 0.3 is 0 Å². The summed E-state index contributed by atoms with van der Waals surface area (Å²) in [5.41, 5.74) is 3.07. The van der Waals surface area contributed by atoms with Crippen LogP contribution in [-0.2, 0) is 11.3 Å². The summed E-state index contributed by atoms with van der Waals surface area (Å²) in [5, 5.41) is 0.638. The third-order valence-corrected chi connectivity index (χ3v) is 4.08. The van der Waals surface area contributed by atoms with Crippen molar-refractivity contribution in [2.45, 2.75) is 19.6 Å². The maximum Gasteiger partial charge on any atom is 0.254 e. The molecule has 4 heteroatoms. The van der Waals surface area contributed by atoms with Gasteiger partial charge in [0.2, 0.25) is 0 Å². The number of nitrogens with zero attached hydrogens (tertiary/aromatic N) is 1. The van der Waals surface area contributed by atoms with E-state index in [0.717, 1.165) is 5.56 Å². The number of carbonyl (C=O) groups excluding carboxylic acids is 1. The number of hydrogen-bond acceptors (Lipinski definition) is 2. The fourth-order valence-electron chi connectivity index (χ4n) is 2.38. The summed E-state index contributed by atoms with van der Waals surface area (Å²) in [6, 6.07) is 15.3. The zero-order chi connectivity index (χ0) is 15.5. The molecule has 0 aromatic heterocycles. The Balaban J connectivity index is 1.46. The van der Waals surface area contributed by atoms with Crippen LogP contribution in [0.25, 0.3) is 0 Å². The van der Waals surface area contributed by atoms with E-state index in [2.05, 4.69) is 31.2 Å². The van der Waals surface area contributed by atoms with Gasteiger partial charge < -0.3 is 9.64 Å². The monoisotopic (exact) mass is 315 g/mol. The van der Waals surface area contributed by atoms with Crippen molar-refractivity contribution in [2.24, 2.45) is 0 Å². The van der Waals surface area contributed by atoms with Crippen molar-refractivity contribution < 1.29 is 9.53 Å². The van der Waals surface area contributed by atoms with E-state index in [-0.39, 0.29) is 12.0 Å². The molecule has 1 fully saturated rings. The summed E-state index contributed by atoms with van der Waals surface area (Å²) in [6.07, 6.45) is 0.123. The van der Waals surface area contributed by atoms with Crippen molar-refractivity contribution in [3.8, 4) is 0 Å². The number of aryl methyl sites for hydroxylation is 1. The predicted molar refractivity (Wildman–Crippen MR) is 87.1 cm³/mol. The van der Waals surface area contributed by atoms with Gasteiger partial charge in [0.25, 0.3) is 5.91 Å². The Hall–Kier alpha value is -1.84. The maximum absolute atomic E-state index is 12.2. The molecule has 3 nitrogen and oxygen atoms in total. The quantitative estimate of drug-likeness (QED) is 0.861. The molecule has 2 aromatic rings. The molecule has 3 rings (SSSR count). The number of halogens is 1. The molecule has 22 heavy (non-hydrogen) atoms. The Kier molecular flexibility index (Phi) is 4.46. The summed E-state index contributed by atoms with van der Waals surface area (Å²) in [6.45, 7) is 3.95. The van der Waals surface area contributed by atoms with E-state index in [4.69, 9.17) is 16.3 Å². The lowest BCUT2D eigenvalue weighted by molar-refractivity contribution is -0.0503. The number of rotatable bonds is 4. The van der Waals surface area contributed by atoms with Gasteiger partial charge in [0.05, 0.1) is 12.7 Å². The van der Waals surface area contributed by atoms with Crippen LogP contribution in [0.2, 0.25) is 5.02 Å². The fraction of sp³-hybridized carbons (Fsp3) is 0.278. The van der Waals surface area contributed by atoms with E-state index < -0.39 is 0 Å². The minimum atomic E-state index is 0.0341. The molecule has 1 amide bonds. The van der Waals surface area contributed by atoms with Crippen molar-refractivity contribution in [1.82, 2.24) is 4.90 Å². The zero-order valence-corrected chi connectivity index (χ0v) is 13.2. The number of carbonyl (C=O) groups is 1. The molecule has 2 aromatic carbocycles. The number of hydrogen-bond donors (Lipinski definition) is 0. The molecule has 0 aliphatic carbocycles. The normalized spacial score (nSPS) is 14.7. The van der Waals surface area contributed by atoms with Crippen molar-refractivity contribution in [2.75, 3.05) is 13.1 Å². The Bertz CT molecular complexity index is 646. The Morgan fingerprint density at radius 1 is 1.14 bits per heavy atom. The maximum atomic E-state index is 12.2. The smallest absolute Gasteiger partial charge is 0.254 e. The Labute approximate surface area is 135 Å². The lowest BCUT2D eigenvalue weighted by Crippen LogP contribution is -2.54. The summed E-state index contributed by atoms with van der Waals surface area (Å²) >= 11 is 5.83. The van der Waals surface area contributed by atoms with Crippen LogP contribution in [0.1, 0.15) is 21.5 Å². The van der Waals surface area contributed by atoms with Gasteiger partial charge in [-0.15, -0.1) is 0 Å².